The van der Waals surface area contributed by atoms with Crippen LogP contribution >= 0.6 is 15.9 Å². The van der Waals surface area contributed by atoms with Crippen molar-refractivity contribution in [2.45, 2.75) is 24.7 Å². The third-order valence-corrected chi connectivity index (χ3v) is 3.63. The Hall–Kier alpha value is -0.410. The van der Waals surface area contributed by atoms with Crippen LogP contribution in [0, 0.1) is 5.82 Å². The van der Waals surface area contributed by atoms with Crippen LogP contribution in [0.3, 0.4) is 0 Å². The Balaban J connectivity index is 2.40. The molecule has 1 aromatic rings. The van der Waals surface area contributed by atoms with Crippen LogP contribution in [0.25, 0.3) is 0 Å². The molecule has 1 aliphatic carbocycles. The van der Waals surface area contributed by atoms with Crippen LogP contribution < -0.4 is 5.73 Å². The summed E-state index contributed by atoms with van der Waals surface area (Å²) < 4.78 is 14.5. The Kier molecular flexibility index (Phi) is 2.62. The van der Waals surface area contributed by atoms with Crippen LogP contribution in [0.1, 0.15) is 24.8 Å². The molecule has 1 aliphatic rings. The van der Waals surface area contributed by atoms with Gasteiger partial charge in [0.2, 0.25) is 0 Å². The standard InChI is InChI=1S/C11H13BrFN/c12-8-2-1-3-9(13)10(8)11(4-5-11)6-7-14/h1-3H,4-7,14H2. The van der Waals surface area contributed by atoms with E-state index in [4.69, 9.17) is 5.73 Å². The first kappa shape index (κ1) is 10.1. The van der Waals surface area contributed by atoms with Gasteiger partial charge in [-0.2, -0.15) is 0 Å². The average Bonchev–Trinajstić information content (AvgIpc) is 2.86. The first-order chi connectivity index (χ1) is 6.69. The van der Waals surface area contributed by atoms with Gasteiger partial charge in [-0.25, -0.2) is 4.39 Å². The van der Waals surface area contributed by atoms with E-state index >= 15 is 0 Å². The SMILES string of the molecule is NCCC1(c2c(F)cccc2Br)CC1. The number of hydrogen-bond donors (Lipinski definition) is 1. The molecule has 1 aromatic carbocycles. The van der Waals surface area contributed by atoms with Gasteiger partial charge in [-0.05, 0) is 37.9 Å². The summed E-state index contributed by atoms with van der Waals surface area (Å²) in [6.07, 6.45) is 3.00. The van der Waals surface area contributed by atoms with E-state index in [1.807, 2.05) is 6.07 Å². The lowest BCUT2D eigenvalue weighted by molar-refractivity contribution is 0.548. The number of nitrogens with two attached hydrogens (primary N) is 1. The Morgan fingerprint density at radius 2 is 2.14 bits per heavy atom. The van der Waals surface area contributed by atoms with Crippen LogP contribution in [0.15, 0.2) is 22.7 Å². The fourth-order valence-electron chi connectivity index (χ4n) is 2.06. The first-order valence-electron chi connectivity index (χ1n) is 4.84. The van der Waals surface area contributed by atoms with E-state index in [1.165, 1.54) is 6.07 Å². The zero-order valence-corrected chi connectivity index (χ0v) is 9.48. The molecule has 0 heterocycles. The number of rotatable bonds is 3. The number of hydrogen-bond acceptors (Lipinski definition) is 1. The highest BCUT2D eigenvalue weighted by Crippen LogP contribution is 2.53. The summed E-state index contributed by atoms with van der Waals surface area (Å²) >= 11 is 3.41. The van der Waals surface area contributed by atoms with E-state index in [-0.39, 0.29) is 11.2 Å². The van der Waals surface area contributed by atoms with Crippen LogP contribution in [-0.4, -0.2) is 6.54 Å². The highest BCUT2D eigenvalue weighted by Gasteiger charge is 2.46. The van der Waals surface area contributed by atoms with Gasteiger partial charge in [0.15, 0.2) is 0 Å². The highest BCUT2D eigenvalue weighted by atomic mass is 79.9. The molecule has 2 N–H and O–H groups in total. The molecule has 0 bridgehead atoms. The third-order valence-electron chi connectivity index (χ3n) is 2.97. The number of benzene rings is 1. The fourth-order valence-corrected chi connectivity index (χ4v) is 2.82. The van der Waals surface area contributed by atoms with Crippen molar-refractivity contribution in [1.82, 2.24) is 0 Å². The van der Waals surface area contributed by atoms with Gasteiger partial charge in [0.05, 0.1) is 0 Å². The minimum absolute atomic E-state index is 0.0267. The molecule has 0 saturated heterocycles. The Bertz CT molecular complexity index is 327. The van der Waals surface area contributed by atoms with Crippen LogP contribution in [-0.2, 0) is 5.41 Å². The van der Waals surface area contributed by atoms with Crippen molar-refractivity contribution in [3.05, 3.63) is 34.1 Å². The predicted octanol–water partition coefficient (Wildman–Crippen LogP) is 2.97. The second kappa shape index (κ2) is 3.63. The van der Waals surface area contributed by atoms with E-state index in [0.29, 0.717) is 6.54 Å². The van der Waals surface area contributed by atoms with E-state index in [2.05, 4.69) is 15.9 Å². The predicted molar refractivity (Wildman–Crippen MR) is 58.7 cm³/mol. The van der Waals surface area contributed by atoms with Crippen LogP contribution in [0.4, 0.5) is 4.39 Å². The van der Waals surface area contributed by atoms with Crippen molar-refractivity contribution in [1.29, 1.82) is 0 Å². The van der Waals surface area contributed by atoms with Gasteiger partial charge >= 0.3 is 0 Å². The summed E-state index contributed by atoms with van der Waals surface area (Å²) in [6, 6.07) is 5.15. The van der Waals surface area contributed by atoms with Crippen LogP contribution in [0.5, 0.6) is 0 Å². The first-order valence-corrected chi connectivity index (χ1v) is 5.63. The molecule has 3 heteroatoms. The van der Waals surface area contributed by atoms with Crippen molar-refractivity contribution < 1.29 is 4.39 Å². The minimum atomic E-state index is -0.106. The summed E-state index contributed by atoms with van der Waals surface area (Å²) in [5.41, 5.74) is 6.41. The van der Waals surface area contributed by atoms with E-state index in [1.54, 1.807) is 6.07 Å². The molecule has 0 unspecified atom stereocenters. The molecule has 14 heavy (non-hydrogen) atoms. The normalized spacial score (nSPS) is 18.2. The van der Waals surface area contributed by atoms with Crippen LogP contribution in [0.2, 0.25) is 0 Å². The smallest absolute Gasteiger partial charge is 0.128 e. The zero-order chi connectivity index (χ0) is 10.2. The molecule has 76 valence electrons. The van der Waals surface area contributed by atoms with Gasteiger partial charge < -0.3 is 5.73 Å². The molecular formula is C11H13BrFN. The van der Waals surface area contributed by atoms with Gasteiger partial charge in [-0.1, -0.05) is 22.0 Å². The molecule has 1 saturated carbocycles. The lowest BCUT2D eigenvalue weighted by Crippen LogP contribution is -2.15. The van der Waals surface area contributed by atoms with E-state index in [0.717, 1.165) is 29.3 Å². The molecule has 0 aliphatic heterocycles. The van der Waals surface area contributed by atoms with E-state index < -0.39 is 0 Å². The van der Waals surface area contributed by atoms with Gasteiger partial charge in [-0.15, -0.1) is 0 Å². The minimum Gasteiger partial charge on any atom is -0.330 e. The van der Waals surface area contributed by atoms with Gasteiger partial charge in [0.1, 0.15) is 5.82 Å². The summed E-state index contributed by atoms with van der Waals surface area (Å²) in [5, 5.41) is 0. The molecule has 1 fully saturated rings. The summed E-state index contributed by atoms with van der Waals surface area (Å²) in [7, 11) is 0. The molecular weight excluding hydrogens is 245 g/mol. The Morgan fingerprint density at radius 3 is 2.64 bits per heavy atom. The molecule has 0 amide bonds. The second-order valence-electron chi connectivity index (χ2n) is 3.92. The van der Waals surface area contributed by atoms with Crippen molar-refractivity contribution in [3.63, 3.8) is 0 Å². The van der Waals surface area contributed by atoms with Gasteiger partial charge in [0.25, 0.3) is 0 Å². The quantitative estimate of drug-likeness (QED) is 0.886. The van der Waals surface area contributed by atoms with Crippen molar-refractivity contribution in [2.75, 3.05) is 6.54 Å². The molecule has 0 spiro atoms. The zero-order valence-electron chi connectivity index (χ0n) is 7.89. The Labute approximate surface area is 91.6 Å². The third kappa shape index (κ3) is 1.59. The largest absolute Gasteiger partial charge is 0.330 e. The average molecular weight is 258 g/mol. The van der Waals surface area contributed by atoms with Crippen molar-refractivity contribution in [3.8, 4) is 0 Å². The summed E-state index contributed by atoms with van der Waals surface area (Å²) in [5.74, 6) is -0.106. The second-order valence-corrected chi connectivity index (χ2v) is 4.77. The molecule has 0 radical (unpaired) electrons. The summed E-state index contributed by atoms with van der Waals surface area (Å²) in [4.78, 5) is 0. The van der Waals surface area contributed by atoms with Gasteiger partial charge in [-0.3, -0.25) is 0 Å². The lowest BCUT2D eigenvalue weighted by atomic mass is 9.92. The monoisotopic (exact) mass is 257 g/mol. The molecule has 0 aromatic heterocycles. The maximum absolute atomic E-state index is 13.6. The molecule has 2 rings (SSSR count). The topological polar surface area (TPSA) is 26.0 Å². The van der Waals surface area contributed by atoms with Crippen molar-refractivity contribution >= 4 is 15.9 Å². The van der Waals surface area contributed by atoms with Crippen molar-refractivity contribution in [2.24, 2.45) is 5.73 Å². The summed E-state index contributed by atoms with van der Waals surface area (Å²) in [6.45, 7) is 0.626. The maximum Gasteiger partial charge on any atom is 0.128 e. The van der Waals surface area contributed by atoms with Gasteiger partial charge in [0, 0.05) is 15.5 Å². The highest BCUT2D eigenvalue weighted by molar-refractivity contribution is 9.10. The Morgan fingerprint density at radius 1 is 1.43 bits per heavy atom. The maximum atomic E-state index is 13.6. The van der Waals surface area contributed by atoms with E-state index in [9.17, 15) is 4.39 Å². The molecule has 0 atom stereocenters. The molecule has 1 nitrogen and oxygen atoms in total. The fraction of sp³-hybridized carbons (Fsp3) is 0.455. The number of halogens is 2. The lowest BCUT2D eigenvalue weighted by Gasteiger charge is -2.17.